The monoisotopic (exact) mass is 353 g/mol. The van der Waals surface area contributed by atoms with Crippen LogP contribution in [0, 0.1) is 20.8 Å². The average molecular weight is 353 g/mol. The number of benzene rings is 1. The molecule has 7 nitrogen and oxygen atoms in total. The minimum Gasteiger partial charge on any atom is -0.347 e. The maximum Gasteiger partial charge on any atom is 0.246 e. The van der Waals surface area contributed by atoms with Crippen molar-refractivity contribution in [1.29, 1.82) is 0 Å². The van der Waals surface area contributed by atoms with Gasteiger partial charge in [0.15, 0.2) is 0 Å². The Labute approximate surface area is 152 Å². The number of hydrogen-bond donors (Lipinski definition) is 1. The molecule has 0 bridgehead atoms. The van der Waals surface area contributed by atoms with Gasteiger partial charge in [-0.15, -0.1) is 0 Å². The quantitative estimate of drug-likeness (QED) is 0.736. The molecule has 1 amide bonds. The molecule has 1 aromatic carbocycles. The largest absolute Gasteiger partial charge is 0.347 e. The lowest BCUT2D eigenvalue weighted by Gasteiger charge is -2.14. The number of hydrogen-bond acceptors (Lipinski definition) is 5. The molecule has 0 aliphatic heterocycles. The molecule has 0 saturated heterocycles. The second kappa shape index (κ2) is 7.51. The summed E-state index contributed by atoms with van der Waals surface area (Å²) in [5.41, 5.74) is 4.13. The lowest BCUT2D eigenvalue weighted by molar-refractivity contribution is -0.122. The molecule has 2 aromatic heterocycles. The molecule has 0 unspecified atom stereocenters. The van der Waals surface area contributed by atoms with Crippen molar-refractivity contribution in [3.05, 3.63) is 53.2 Å². The molecule has 0 fully saturated rings. The van der Waals surface area contributed by atoms with Gasteiger partial charge in [0.1, 0.15) is 0 Å². The van der Waals surface area contributed by atoms with Gasteiger partial charge in [0.25, 0.3) is 0 Å². The van der Waals surface area contributed by atoms with Crippen molar-refractivity contribution < 1.29 is 9.32 Å². The Hall–Kier alpha value is -2.96. The normalized spacial score (nSPS) is 12.2. The fourth-order valence-electron chi connectivity index (χ4n) is 2.81. The highest BCUT2D eigenvalue weighted by atomic mass is 16.5. The minimum absolute atomic E-state index is 0.0232. The summed E-state index contributed by atoms with van der Waals surface area (Å²) in [6.45, 7) is 8.24. The highest BCUT2D eigenvalue weighted by Gasteiger charge is 2.17. The lowest BCUT2D eigenvalue weighted by Crippen LogP contribution is -2.26. The van der Waals surface area contributed by atoms with Crippen LogP contribution in [0.2, 0.25) is 0 Å². The van der Waals surface area contributed by atoms with Crippen molar-refractivity contribution in [2.45, 2.75) is 46.7 Å². The Balaban J connectivity index is 1.56. The number of amides is 1. The maximum absolute atomic E-state index is 12.2. The van der Waals surface area contributed by atoms with Gasteiger partial charge < -0.3 is 9.84 Å². The molecule has 0 aliphatic rings. The highest BCUT2D eigenvalue weighted by Crippen LogP contribution is 2.18. The third kappa shape index (κ3) is 3.82. The van der Waals surface area contributed by atoms with Gasteiger partial charge in [0.05, 0.1) is 18.3 Å². The minimum atomic E-state index is -0.0813. The van der Waals surface area contributed by atoms with E-state index in [-0.39, 0.29) is 18.5 Å². The van der Waals surface area contributed by atoms with Crippen LogP contribution in [0.25, 0.3) is 11.4 Å². The fraction of sp³-hybridized carbons (Fsp3) is 0.368. The summed E-state index contributed by atoms with van der Waals surface area (Å²) in [5, 5.41) is 11.3. The Morgan fingerprint density at radius 1 is 1.23 bits per heavy atom. The molecule has 3 aromatic rings. The predicted octanol–water partition coefficient (Wildman–Crippen LogP) is 3.13. The number of nitrogens with zero attached hydrogens (tertiary/aromatic N) is 4. The third-order valence-electron chi connectivity index (χ3n) is 4.52. The highest BCUT2D eigenvalue weighted by molar-refractivity contribution is 5.76. The smallest absolute Gasteiger partial charge is 0.246 e. The van der Waals surface area contributed by atoms with Crippen LogP contribution in [0.5, 0.6) is 0 Å². The SMILES string of the molecule is Cc1nn([C@@H](C)CC(=O)NCc2nc(-c3ccccc3)no2)c(C)c1C. The zero-order valence-electron chi connectivity index (χ0n) is 15.5. The lowest BCUT2D eigenvalue weighted by atomic mass is 10.2. The first-order valence-electron chi connectivity index (χ1n) is 8.62. The molecule has 0 radical (unpaired) electrons. The van der Waals surface area contributed by atoms with Gasteiger partial charge in [-0.05, 0) is 33.3 Å². The molecule has 1 N–H and O–H groups in total. The van der Waals surface area contributed by atoms with E-state index >= 15 is 0 Å². The van der Waals surface area contributed by atoms with E-state index in [4.69, 9.17) is 4.52 Å². The molecule has 136 valence electrons. The molecule has 7 heteroatoms. The number of aryl methyl sites for hydroxylation is 1. The molecule has 2 heterocycles. The van der Waals surface area contributed by atoms with Gasteiger partial charge in [0.2, 0.25) is 17.6 Å². The Kier molecular flexibility index (Phi) is 5.16. The van der Waals surface area contributed by atoms with E-state index in [1.54, 1.807) is 0 Å². The Morgan fingerprint density at radius 3 is 2.62 bits per heavy atom. The second-order valence-electron chi connectivity index (χ2n) is 6.45. The van der Waals surface area contributed by atoms with Crippen molar-refractivity contribution >= 4 is 5.91 Å². The number of aromatic nitrogens is 4. The molecule has 3 rings (SSSR count). The van der Waals surface area contributed by atoms with E-state index in [0.29, 0.717) is 18.1 Å². The Bertz CT molecular complexity index is 898. The molecule has 1 atom stereocenters. The summed E-state index contributed by atoms with van der Waals surface area (Å²) < 4.78 is 7.11. The number of carbonyl (C=O) groups is 1. The summed E-state index contributed by atoms with van der Waals surface area (Å²) in [7, 11) is 0. The van der Waals surface area contributed by atoms with Crippen LogP contribution < -0.4 is 5.32 Å². The van der Waals surface area contributed by atoms with Gasteiger partial charge in [-0.3, -0.25) is 9.48 Å². The van der Waals surface area contributed by atoms with Gasteiger partial charge in [0, 0.05) is 17.7 Å². The van der Waals surface area contributed by atoms with E-state index < -0.39 is 0 Å². The molecule has 0 saturated carbocycles. The van der Waals surface area contributed by atoms with Crippen molar-refractivity contribution in [3.8, 4) is 11.4 Å². The van der Waals surface area contributed by atoms with E-state index in [9.17, 15) is 4.79 Å². The Morgan fingerprint density at radius 2 is 1.96 bits per heavy atom. The van der Waals surface area contributed by atoms with Crippen molar-refractivity contribution in [3.63, 3.8) is 0 Å². The average Bonchev–Trinajstić information content (AvgIpc) is 3.21. The van der Waals surface area contributed by atoms with Gasteiger partial charge in [-0.1, -0.05) is 35.5 Å². The van der Waals surface area contributed by atoms with Crippen LogP contribution in [0.4, 0.5) is 0 Å². The van der Waals surface area contributed by atoms with Crippen LogP contribution in [0.15, 0.2) is 34.9 Å². The van der Waals surface area contributed by atoms with Crippen LogP contribution in [-0.2, 0) is 11.3 Å². The van der Waals surface area contributed by atoms with Crippen molar-refractivity contribution in [2.75, 3.05) is 0 Å². The predicted molar refractivity (Wildman–Crippen MR) is 97.3 cm³/mol. The topological polar surface area (TPSA) is 85.8 Å². The maximum atomic E-state index is 12.2. The summed E-state index contributed by atoms with van der Waals surface area (Å²) >= 11 is 0. The van der Waals surface area contributed by atoms with Crippen LogP contribution in [0.3, 0.4) is 0 Å². The zero-order chi connectivity index (χ0) is 18.7. The molecule has 0 aliphatic carbocycles. The fourth-order valence-corrected chi connectivity index (χ4v) is 2.81. The van der Waals surface area contributed by atoms with Gasteiger partial charge in [-0.25, -0.2) is 0 Å². The van der Waals surface area contributed by atoms with Gasteiger partial charge >= 0.3 is 0 Å². The number of nitrogens with one attached hydrogen (secondary N) is 1. The zero-order valence-corrected chi connectivity index (χ0v) is 15.5. The van der Waals surface area contributed by atoms with E-state index in [1.807, 2.05) is 62.7 Å². The molecular weight excluding hydrogens is 330 g/mol. The van der Waals surface area contributed by atoms with E-state index in [0.717, 1.165) is 22.5 Å². The van der Waals surface area contributed by atoms with Gasteiger partial charge in [-0.2, -0.15) is 10.1 Å². The van der Waals surface area contributed by atoms with Crippen LogP contribution >= 0.6 is 0 Å². The first-order valence-corrected chi connectivity index (χ1v) is 8.62. The standard InChI is InChI=1S/C19H23N5O2/c1-12(24-15(4)13(2)14(3)22-24)10-17(25)20-11-18-21-19(23-26-18)16-8-6-5-7-9-16/h5-9,12H,10-11H2,1-4H3,(H,20,25)/t12-/m0/s1. The summed E-state index contributed by atoms with van der Waals surface area (Å²) in [6.07, 6.45) is 0.334. The summed E-state index contributed by atoms with van der Waals surface area (Å²) in [5.74, 6) is 0.815. The molecule has 26 heavy (non-hydrogen) atoms. The number of carbonyl (C=O) groups excluding carboxylic acids is 1. The first-order chi connectivity index (χ1) is 12.5. The third-order valence-corrected chi connectivity index (χ3v) is 4.52. The molecular formula is C19H23N5O2. The summed E-state index contributed by atoms with van der Waals surface area (Å²) in [4.78, 5) is 16.5. The second-order valence-corrected chi connectivity index (χ2v) is 6.45. The van der Waals surface area contributed by atoms with Crippen molar-refractivity contribution in [1.82, 2.24) is 25.2 Å². The summed E-state index contributed by atoms with van der Waals surface area (Å²) in [6, 6.07) is 9.54. The van der Waals surface area contributed by atoms with Crippen LogP contribution in [-0.4, -0.2) is 25.8 Å². The number of rotatable bonds is 6. The van der Waals surface area contributed by atoms with E-state index in [1.165, 1.54) is 0 Å². The van der Waals surface area contributed by atoms with Crippen molar-refractivity contribution in [2.24, 2.45) is 0 Å². The van der Waals surface area contributed by atoms with E-state index in [2.05, 4.69) is 20.6 Å². The molecule has 0 spiro atoms. The van der Waals surface area contributed by atoms with Crippen LogP contribution in [0.1, 0.15) is 42.2 Å². The first kappa shape index (κ1) is 17.8.